The third-order valence-corrected chi connectivity index (χ3v) is 2.87. The normalized spacial score (nSPS) is 12.7. The summed E-state index contributed by atoms with van der Waals surface area (Å²) in [5, 5.41) is 3.89. The number of nitrogens with one attached hydrogen (secondary N) is 1. The number of nitrogens with zero attached hydrogens (tertiary/aromatic N) is 2. The van der Waals surface area contributed by atoms with Crippen LogP contribution in [0.4, 0.5) is 19.0 Å². The summed E-state index contributed by atoms with van der Waals surface area (Å²) in [5.74, 6) is 1.45. The van der Waals surface area contributed by atoms with Crippen molar-refractivity contribution in [1.82, 2.24) is 15.2 Å². The smallest absolute Gasteiger partial charge is 0.194 e. The van der Waals surface area contributed by atoms with Crippen LogP contribution in [0.2, 0.25) is 0 Å². The minimum atomic E-state index is -1.56. The van der Waals surface area contributed by atoms with E-state index in [0.29, 0.717) is 5.56 Å². The molecule has 0 aliphatic carbocycles. The zero-order chi connectivity index (χ0) is 14.2. The van der Waals surface area contributed by atoms with Gasteiger partial charge in [0.25, 0.3) is 0 Å². The fourth-order valence-electron chi connectivity index (χ4n) is 1.80. The van der Waals surface area contributed by atoms with Crippen LogP contribution in [-0.4, -0.2) is 9.78 Å². The molecule has 1 aromatic carbocycles. The number of nitrogens with two attached hydrogens (primary N) is 2. The number of benzene rings is 1. The molecule has 2 rings (SSSR count). The molecular formula is C11H12F3N5. The molecule has 0 aliphatic heterocycles. The van der Waals surface area contributed by atoms with Crippen molar-refractivity contribution in [3.8, 4) is 0 Å². The molecule has 0 spiro atoms. The Balaban J connectivity index is 2.55. The third kappa shape index (κ3) is 2.15. The lowest BCUT2D eigenvalue weighted by Gasteiger charge is -2.17. The molecule has 102 valence electrons. The van der Waals surface area contributed by atoms with Crippen molar-refractivity contribution in [1.29, 1.82) is 0 Å². The van der Waals surface area contributed by atoms with Crippen LogP contribution >= 0.6 is 0 Å². The van der Waals surface area contributed by atoms with E-state index in [-0.39, 0.29) is 11.4 Å². The number of aromatic nitrogens is 2. The van der Waals surface area contributed by atoms with Crippen LogP contribution in [0.5, 0.6) is 0 Å². The highest BCUT2D eigenvalue weighted by Gasteiger charge is 2.24. The van der Waals surface area contributed by atoms with Gasteiger partial charge in [0.2, 0.25) is 0 Å². The van der Waals surface area contributed by atoms with Crippen LogP contribution in [0.25, 0.3) is 0 Å². The zero-order valence-corrected chi connectivity index (χ0v) is 9.99. The first kappa shape index (κ1) is 13.4. The van der Waals surface area contributed by atoms with Crippen LogP contribution < -0.4 is 17.0 Å². The maximum Gasteiger partial charge on any atom is 0.194 e. The molecule has 0 aliphatic rings. The second-order valence-corrected chi connectivity index (χ2v) is 3.97. The Labute approximate surface area is 107 Å². The number of hydrazine groups is 1. The first-order valence-electron chi connectivity index (χ1n) is 5.34. The highest BCUT2D eigenvalue weighted by molar-refractivity contribution is 5.45. The third-order valence-electron chi connectivity index (χ3n) is 2.87. The van der Waals surface area contributed by atoms with Gasteiger partial charge in [-0.3, -0.25) is 10.5 Å². The van der Waals surface area contributed by atoms with Crippen LogP contribution in [0.15, 0.2) is 18.3 Å². The fraction of sp³-hybridized carbons (Fsp3) is 0.182. The van der Waals surface area contributed by atoms with Crippen molar-refractivity contribution in [2.24, 2.45) is 12.9 Å². The summed E-state index contributed by atoms with van der Waals surface area (Å²) in [4.78, 5) is 0. The van der Waals surface area contributed by atoms with Gasteiger partial charge >= 0.3 is 0 Å². The number of anilines is 1. The average Bonchev–Trinajstić information content (AvgIpc) is 2.72. The molecule has 8 heteroatoms. The number of nitrogen functional groups attached to an aromatic ring is 1. The number of halogens is 3. The molecule has 2 aromatic rings. The Morgan fingerprint density at radius 1 is 1.21 bits per heavy atom. The molecule has 5 nitrogen and oxygen atoms in total. The zero-order valence-electron chi connectivity index (χ0n) is 9.99. The molecule has 0 bridgehead atoms. The summed E-state index contributed by atoms with van der Waals surface area (Å²) in [6, 6.07) is 0.999. The van der Waals surface area contributed by atoms with Crippen LogP contribution in [0, 0.1) is 17.5 Å². The Hall–Kier alpha value is -2.06. The second kappa shape index (κ2) is 4.90. The molecule has 0 radical (unpaired) electrons. The predicted molar refractivity (Wildman–Crippen MR) is 63.1 cm³/mol. The van der Waals surface area contributed by atoms with Gasteiger partial charge < -0.3 is 5.73 Å². The van der Waals surface area contributed by atoms with Gasteiger partial charge in [-0.25, -0.2) is 18.6 Å². The van der Waals surface area contributed by atoms with E-state index in [1.807, 2.05) is 0 Å². The van der Waals surface area contributed by atoms with Gasteiger partial charge in [0.15, 0.2) is 17.5 Å². The summed E-state index contributed by atoms with van der Waals surface area (Å²) in [6.45, 7) is 0. The topological polar surface area (TPSA) is 81.9 Å². The summed E-state index contributed by atoms with van der Waals surface area (Å²) in [5.41, 5.74) is 8.28. The van der Waals surface area contributed by atoms with E-state index in [1.54, 1.807) is 7.05 Å². The molecule has 19 heavy (non-hydrogen) atoms. The molecule has 0 fully saturated rings. The molecule has 1 heterocycles. The lowest BCUT2D eigenvalue weighted by atomic mass is 10.0. The van der Waals surface area contributed by atoms with Crippen molar-refractivity contribution in [3.05, 3.63) is 46.9 Å². The second-order valence-electron chi connectivity index (χ2n) is 3.97. The van der Waals surface area contributed by atoms with E-state index in [2.05, 4.69) is 10.5 Å². The van der Waals surface area contributed by atoms with Crippen molar-refractivity contribution in [2.75, 3.05) is 5.73 Å². The molecule has 0 saturated heterocycles. The predicted octanol–water partition coefficient (Wildman–Crippen LogP) is 0.972. The van der Waals surface area contributed by atoms with Crippen molar-refractivity contribution in [2.45, 2.75) is 6.04 Å². The van der Waals surface area contributed by atoms with Gasteiger partial charge in [0.05, 0.1) is 12.2 Å². The van der Waals surface area contributed by atoms with Gasteiger partial charge in [-0.15, -0.1) is 0 Å². The minimum Gasteiger partial charge on any atom is -0.384 e. The van der Waals surface area contributed by atoms with Gasteiger partial charge in [-0.05, 0) is 6.07 Å². The standard InChI is InChI=1S/C11H12F3N5/c1-19-11(15)6(4-17-19)10(18-16)5-2-3-7(12)9(14)8(5)13/h2-4,10,18H,15-16H2,1H3. The fourth-order valence-corrected chi connectivity index (χ4v) is 1.80. The SMILES string of the molecule is Cn1ncc(C(NN)c2ccc(F)c(F)c2F)c1N. The van der Waals surface area contributed by atoms with Crippen molar-refractivity contribution >= 4 is 5.82 Å². The number of hydrogen-bond acceptors (Lipinski definition) is 4. The van der Waals surface area contributed by atoms with Crippen LogP contribution in [0.1, 0.15) is 17.2 Å². The summed E-state index contributed by atoms with van der Waals surface area (Å²) >= 11 is 0. The lowest BCUT2D eigenvalue weighted by molar-refractivity contribution is 0.433. The van der Waals surface area contributed by atoms with E-state index in [0.717, 1.165) is 12.1 Å². The van der Waals surface area contributed by atoms with E-state index < -0.39 is 23.5 Å². The molecule has 1 unspecified atom stereocenters. The Morgan fingerprint density at radius 3 is 2.42 bits per heavy atom. The highest BCUT2D eigenvalue weighted by Crippen LogP contribution is 2.29. The molecule has 5 N–H and O–H groups in total. The van der Waals surface area contributed by atoms with E-state index >= 15 is 0 Å². The number of hydrogen-bond donors (Lipinski definition) is 3. The summed E-state index contributed by atoms with van der Waals surface area (Å²) in [6.07, 6.45) is 1.38. The van der Waals surface area contributed by atoms with Crippen LogP contribution in [0.3, 0.4) is 0 Å². The lowest BCUT2D eigenvalue weighted by Crippen LogP contribution is -2.30. The highest BCUT2D eigenvalue weighted by atomic mass is 19.2. The van der Waals surface area contributed by atoms with Gasteiger partial charge in [0.1, 0.15) is 5.82 Å². The first-order chi connectivity index (χ1) is 8.97. The largest absolute Gasteiger partial charge is 0.384 e. The maximum atomic E-state index is 13.7. The van der Waals surface area contributed by atoms with Crippen LogP contribution in [-0.2, 0) is 7.05 Å². The van der Waals surface area contributed by atoms with Gasteiger partial charge in [-0.1, -0.05) is 6.07 Å². The Bertz CT molecular complexity index is 611. The minimum absolute atomic E-state index is 0.152. The Morgan fingerprint density at radius 2 is 1.89 bits per heavy atom. The Kier molecular flexibility index (Phi) is 3.45. The first-order valence-corrected chi connectivity index (χ1v) is 5.34. The van der Waals surface area contributed by atoms with Gasteiger partial charge in [0, 0.05) is 18.2 Å². The molecule has 0 saturated carbocycles. The molecule has 1 atom stereocenters. The average molecular weight is 271 g/mol. The van der Waals surface area contributed by atoms with E-state index in [9.17, 15) is 13.2 Å². The maximum absolute atomic E-state index is 13.7. The molecule has 0 amide bonds. The number of rotatable bonds is 3. The number of aryl methyl sites for hydroxylation is 1. The molecule has 1 aromatic heterocycles. The molecular weight excluding hydrogens is 259 g/mol. The quantitative estimate of drug-likeness (QED) is 0.441. The van der Waals surface area contributed by atoms with Crippen molar-refractivity contribution < 1.29 is 13.2 Å². The summed E-state index contributed by atoms with van der Waals surface area (Å²) in [7, 11) is 1.59. The van der Waals surface area contributed by atoms with Gasteiger partial charge in [-0.2, -0.15) is 5.10 Å². The summed E-state index contributed by atoms with van der Waals surface area (Å²) < 4.78 is 41.2. The van der Waals surface area contributed by atoms with E-state index in [4.69, 9.17) is 11.6 Å². The monoisotopic (exact) mass is 271 g/mol. The van der Waals surface area contributed by atoms with E-state index in [1.165, 1.54) is 10.9 Å². The van der Waals surface area contributed by atoms with Crippen molar-refractivity contribution in [3.63, 3.8) is 0 Å².